The fourth-order valence-corrected chi connectivity index (χ4v) is 3.05. The first-order valence-electron chi connectivity index (χ1n) is 7.93. The van der Waals surface area contributed by atoms with Crippen LogP contribution < -0.4 is 5.14 Å². The van der Waals surface area contributed by atoms with Crippen LogP contribution in [0.25, 0.3) is 6.08 Å². The number of amides is 1. The topological polar surface area (TPSA) is 80.5 Å². The van der Waals surface area contributed by atoms with Gasteiger partial charge in [0.05, 0.1) is 10.9 Å². The molecule has 0 fully saturated rings. The highest BCUT2D eigenvalue weighted by Crippen LogP contribution is 2.21. The van der Waals surface area contributed by atoms with Crippen LogP contribution in [0.1, 0.15) is 29.7 Å². The van der Waals surface area contributed by atoms with Crippen molar-refractivity contribution in [3.05, 3.63) is 70.3 Å². The van der Waals surface area contributed by atoms with Gasteiger partial charge in [0.25, 0.3) is 0 Å². The van der Waals surface area contributed by atoms with Gasteiger partial charge in [-0.3, -0.25) is 4.79 Å². The SMILES string of the molecule is Cc1ccc(C=CC(=O)N(C)C(C)c2ccc(S(N)(=O)=O)cc2)cc1Cl. The number of rotatable bonds is 5. The summed E-state index contributed by atoms with van der Waals surface area (Å²) in [6.45, 7) is 3.78. The lowest BCUT2D eigenvalue weighted by atomic mass is 10.1. The first-order chi connectivity index (χ1) is 12.1. The quantitative estimate of drug-likeness (QED) is 0.790. The van der Waals surface area contributed by atoms with Crippen LogP contribution in [0.15, 0.2) is 53.4 Å². The van der Waals surface area contributed by atoms with E-state index in [1.54, 1.807) is 36.2 Å². The lowest BCUT2D eigenvalue weighted by Gasteiger charge is -2.24. The van der Waals surface area contributed by atoms with Crippen molar-refractivity contribution in [3.63, 3.8) is 0 Å². The number of aryl methyl sites for hydroxylation is 1. The molecule has 2 aromatic carbocycles. The van der Waals surface area contributed by atoms with Gasteiger partial charge < -0.3 is 4.90 Å². The Balaban J connectivity index is 2.11. The van der Waals surface area contributed by atoms with Crippen molar-refractivity contribution in [2.24, 2.45) is 5.14 Å². The van der Waals surface area contributed by atoms with E-state index < -0.39 is 10.0 Å². The number of benzene rings is 2. The normalized spacial score (nSPS) is 13.0. The van der Waals surface area contributed by atoms with Gasteiger partial charge in [-0.2, -0.15) is 0 Å². The average Bonchev–Trinajstić information content (AvgIpc) is 2.60. The van der Waals surface area contributed by atoms with Gasteiger partial charge in [0.15, 0.2) is 0 Å². The van der Waals surface area contributed by atoms with Crippen molar-refractivity contribution < 1.29 is 13.2 Å². The maximum Gasteiger partial charge on any atom is 0.246 e. The van der Waals surface area contributed by atoms with Crippen molar-refractivity contribution in [2.45, 2.75) is 24.8 Å². The summed E-state index contributed by atoms with van der Waals surface area (Å²) in [4.78, 5) is 14.0. The van der Waals surface area contributed by atoms with E-state index in [1.807, 2.05) is 26.0 Å². The Hall–Kier alpha value is -2.15. The molecule has 1 atom stereocenters. The summed E-state index contributed by atoms with van der Waals surface area (Å²) >= 11 is 6.09. The molecule has 0 aliphatic carbocycles. The number of sulfonamides is 1. The minimum absolute atomic E-state index is 0.0403. The van der Waals surface area contributed by atoms with Crippen LogP contribution >= 0.6 is 11.6 Å². The van der Waals surface area contributed by atoms with Gasteiger partial charge in [-0.1, -0.05) is 35.9 Å². The van der Waals surface area contributed by atoms with E-state index in [1.165, 1.54) is 18.2 Å². The summed E-state index contributed by atoms with van der Waals surface area (Å²) in [6, 6.07) is 11.5. The molecule has 7 heteroatoms. The molecule has 0 aliphatic heterocycles. The summed E-state index contributed by atoms with van der Waals surface area (Å²) in [5.74, 6) is -0.176. The van der Waals surface area contributed by atoms with Crippen LogP contribution in [0.3, 0.4) is 0 Å². The highest BCUT2D eigenvalue weighted by Gasteiger charge is 2.16. The lowest BCUT2D eigenvalue weighted by molar-refractivity contribution is -0.126. The molecule has 0 aliphatic rings. The van der Waals surface area contributed by atoms with Gasteiger partial charge in [0.1, 0.15) is 0 Å². The van der Waals surface area contributed by atoms with Crippen LogP contribution in [-0.4, -0.2) is 26.3 Å². The van der Waals surface area contributed by atoms with Crippen molar-refractivity contribution in [1.82, 2.24) is 4.90 Å². The lowest BCUT2D eigenvalue weighted by Crippen LogP contribution is -2.28. The highest BCUT2D eigenvalue weighted by molar-refractivity contribution is 7.89. The maximum atomic E-state index is 12.4. The average molecular weight is 393 g/mol. The maximum absolute atomic E-state index is 12.4. The van der Waals surface area contributed by atoms with Crippen LogP contribution in [0.5, 0.6) is 0 Å². The van der Waals surface area contributed by atoms with Crippen molar-refractivity contribution in [2.75, 3.05) is 7.05 Å². The number of halogens is 1. The third-order valence-corrected chi connectivity index (χ3v) is 5.57. The number of hydrogen-bond acceptors (Lipinski definition) is 3. The third kappa shape index (κ3) is 4.94. The molecule has 2 N–H and O–H groups in total. The van der Waals surface area contributed by atoms with E-state index in [2.05, 4.69) is 0 Å². The molecular weight excluding hydrogens is 372 g/mol. The van der Waals surface area contributed by atoms with E-state index in [4.69, 9.17) is 16.7 Å². The summed E-state index contributed by atoms with van der Waals surface area (Å²) in [6.07, 6.45) is 3.19. The fraction of sp³-hybridized carbons (Fsp3) is 0.211. The number of nitrogens with two attached hydrogens (primary N) is 1. The van der Waals surface area contributed by atoms with Crippen molar-refractivity contribution in [3.8, 4) is 0 Å². The van der Waals surface area contributed by atoms with Gasteiger partial charge in [-0.15, -0.1) is 0 Å². The molecule has 0 radical (unpaired) electrons. The van der Waals surface area contributed by atoms with E-state index >= 15 is 0 Å². The number of nitrogens with zero attached hydrogens (tertiary/aromatic N) is 1. The van der Waals surface area contributed by atoms with Gasteiger partial charge >= 0.3 is 0 Å². The zero-order chi connectivity index (χ0) is 19.5. The summed E-state index contributed by atoms with van der Waals surface area (Å²) in [5.41, 5.74) is 2.62. The Morgan fingerprint density at radius 3 is 2.35 bits per heavy atom. The van der Waals surface area contributed by atoms with Crippen LogP contribution in [0.4, 0.5) is 0 Å². The minimum atomic E-state index is -3.73. The second-order valence-electron chi connectivity index (χ2n) is 6.08. The number of carbonyl (C=O) groups is 1. The Morgan fingerprint density at radius 2 is 1.81 bits per heavy atom. The van der Waals surface area contributed by atoms with E-state index in [-0.39, 0.29) is 16.8 Å². The number of hydrogen-bond donors (Lipinski definition) is 1. The van der Waals surface area contributed by atoms with Crippen molar-refractivity contribution in [1.29, 1.82) is 0 Å². The van der Waals surface area contributed by atoms with Crippen molar-refractivity contribution >= 4 is 33.6 Å². The van der Waals surface area contributed by atoms with Gasteiger partial charge in [-0.25, -0.2) is 13.6 Å². The van der Waals surface area contributed by atoms with Crippen LogP contribution in [0.2, 0.25) is 5.02 Å². The molecule has 0 aromatic heterocycles. The zero-order valence-corrected chi connectivity index (χ0v) is 16.4. The molecule has 0 saturated heterocycles. The second kappa shape index (κ2) is 8.03. The standard InChI is InChI=1S/C19H21ClN2O3S/c1-13-4-5-15(12-18(13)20)6-11-19(23)22(3)14(2)16-7-9-17(10-8-16)26(21,24)25/h4-12,14H,1-3H3,(H2,21,24,25). The summed E-state index contributed by atoms with van der Waals surface area (Å²) < 4.78 is 22.6. The Morgan fingerprint density at radius 1 is 1.19 bits per heavy atom. The Labute approximate surface area is 159 Å². The monoisotopic (exact) mass is 392 g/mol. The number of carbonyl (C=O) groups excluding carboxylic acids is 1. The Kier molecular flexibility index (Phi) is 6.23. The van der Waals surface area contributed by atoms with E-state index in [0.29, 0.717) is 5.02 Å². The molecule has 5 nitrogen and oxygen atoms in total. The van der Waals surface area contributed by atoms with Gasteiger partial charge in [0, 0.05) is 18.1 Å². The van der Waals surface area contributed by atoms with E-state index in [9.17, 15) is 13.2 Å². The molecule has 2 rings (SSSR count). The predicted molar refractivity (Wildman–Crippen MR) is 104 cm³/mol. The van der Waals surface area contributed by atoms with E-state index in [0.717, 1.165) is 16.7 Å². The van der Waals surface area contributed by atoms with Gasteiger partial charge in [-0.05, 0) is 54.8 Å². The first-order valence-corrected chi connectivity index (χ1v) is 9.86. The molecule has 0 heterocycles. The molecule has 0 spiro atoms. The molecule has 2 aromatic rings. The smallest absolute Gasteiger partial charge is 0.246 e. The second-order valence-corrected chi connectivity index (χ2v) is 8.05. The first kappa shape index (κ1) is 20.2. The molecule has 138 valence electrons. The molecule has 26 heavy (non-hydrogen) atoms. The molecular formula is C19H21ClN2O3S. The fourth-order valence-electron chi connectivity index (χ4n) is 2.35. The zero-order valence-electron chi connectivity index (χ0n) is 14.8. The summed E-state index contributed by atoms with van der Waals surface area (Å²) in [5, 5.41) is 5.74. The predicted octanol–water partition coefficient (Wildman–Crippen LogP) is 3.53. The molecule has 0 saturated carbocycles. The van der Waals surface area contributed by atoms with Gasteiger partial charge in [0.2, 0.25) is 15.9 Å². The van der Waals surface area contributed by atoms with Crippen LogP contribution in [-0.2, 0) is 14.8 Å². The Bertz CT molecular complexity index is 938. The third-order valence-electron chi connectivity index (χ3n) is 4.23. The molecule has 0 bridgehead atoms. The summed E-state index contributed by atoms with van der Waals surface area (Å²) in [7, 11) is -2.04. The number of primary sulfonamides is 1. The molecule has 1 amide bonds. The van der Waals surface area contributed by atoms with Crippen LogP contribution in [0, 0.1) is 6.92 Å². The number of likely N-dealkylation sites (N-methyl/N-ethyl adjacent to an activating group) is 1. The minimum Gasteiger partial charge on any atom is -0.335 e. The molecule has 1 unspecified atom stereocenters. The highest BCUT2D eigenvalue weighted by atomic mass is 35.5. The largest absolute Gasteiger partial charge is 0.335 e.